The smallest absolute Gasteiger partial charge is 0.319 e. The third-order valence-electron chi connectivity index (χ3n) is 2.81. The van der Waals surface area contributed by atoms with E-state index in [-0.39, 0.29) is 6.03 Å². The number of ether oxygens (including phenoxy) is 2. The number of pyridine rings is 1. The van der Waals surface area contributed by atoms with Gasteiger partial charge in [-0.25, -0.2) is 9.78 Å². The van der Waals surface area contributed by atoms with Crippen molar-refractivity contribution in [3.63, 3.8) is 0 Å². The Bertz CT molecular complexity index is 599. The average Bonchev–Trinajstić information content (AvgIpc) is 2.54. The minimum Gasteiger partial charge on any atom is -0.495 e. The number of carbonyl (C=O) groups excluding carboxylic acids is 1. The number of amides is 2. The van der Waals surface area contributed by atoms with E-state index in [1.807, 2.05) is 18.2 Å². The van der Waals surface area contributed by atoms with E-state index in [2.05, 4.69) is 15.6 Å². The van der Waals surface area contributed by atoms with E-state index in [0.717, 1.165) is 5.56 Å². The fourth-order valence-electron chi connectivity index (χ4n) is 1.73. The van der Waals surface area contributed by atoms with Crippen LogP contribution in [0.4, 0.5) is 10.5 Å². The number of para-hydroxylation sites is 2. The van der Waals surface area contributed by atoms with Gasteiger partial charge >= 0.3 is 6.03 Å². The standard InChI is InChI=1S/C15H17N3O3/c1-20-13-6-4-3-5-12(13)18-15(19)17-10-11-7-8-14(21-2)16-9-11/h3-9H,10H2,1-2H3,(H2,17,18,19). The van der Waals surface area contributed by atoms with E-state index in [9.17, 15) is 4.79 Å². The maximum atomic E-state index is 11.9. The Balaban J connectivity index is 1.89. The van der Waals surface area contributed by atoms with Crippen molar-refractivity contribution < 1.29 is 14.3 Å². The normalized spacial score (nSPS) is 9.81. The zero-order valence-electron chi connectivity index (χ0n) is 11.9. The first-order valence-corrected chi connectivity index (χ1v) is 6.39. The van der Waals surface area contributed by atoms with Crippen LogP contribution in [-0.4, -0.2) is 25.2 Å². The SMILES string of the molecule is COc1ccc(CNC(=O)Nc2ccccc2OC)cn1. The van der Waals surface area contributed by atoms with Gasteiger partial charge in [-0.3, -0.25) is 0 Å². The summed E-state index contributed by atoms with van der Waals surface area (Å²) in [6.45, 7) is 0.373. The Morgan fingerprint density at radius 3 is 2.62 bits per heavy atom. The van der Waals surface area contributed by atoms with Gasteiger partial charge in [-0.2, -0.15) is 0 Å². The highest BCUT2D eigenvalue weighted by Gasteiger charge is 2.06. The second-order valence-corrected chi connectivity index (χ2v) is 4.22. The molecule has 0 spiro atoms. The Morgan fingerprint density at radius 2 is 1.95 bits per heavy atom. The first-order valence-electron chi connectivity index (χ1n) is 6.39. The number of methoxy groups -OCH3 is 2. The van der Waals surface area contributed by atoms with Gasteiger partial charge in [0.2, 0.25) is 5.88 Å². The lowest BCUT2D eigenvalue weighted by Crippen LogP contribution is -2.28. The van der Waals surface area contributed by atoms with Crippen LogP contribution in [0, 0.1) is 0 Å². The van der Waals surface area contributed by atoms with E-state index in [4.69, 9.17) is 9.47 Å². The molecule has 0 radical (unpaired) electrons. The first kappa shape index (κ1) is 14.6. The zero-order valence-corrected chi connectivity index (χ0v) is 11.9. The lowest BCUT2D eigenvalue weighted by molar-refractivity contribution is 0.251. The van der Waals surface area contributed by atoms with Crippen molar-refractivity contribution in [2.45, 2.75) is 6.54 Å². The van der Waals surface area contributed by atoms with Crippen molar-refractivity contribution in [2.75, 3.05) is 19.5 Å². The summed E-state index contributed by atoms with van der Waals surface area (Å²) in [6, 6.07) is 10.5. The van der Waals surface area contributed by atoms with Crippen molar-refractivity contribution in [3.8, 4) is 11.6 Å². The molecule has 0 bridgehead atoms. The summed E-state index contributed by atoms with van der Waals surface area (Å²) in [5, 5.41) is 5.48. The van der Waals surface area contributed by atoms with Crippen LogP contribution < -0.4 is 20.1 Å². The topological polar surface area (TPSA) is 72.5 Å². The Labute approximate surface area is 123 Å². The van der Waals surface area contributed by atoms with Crippen molar-refractivity contribution in [3.05, 3.63) is 48.2 Å². The number of anilines is 1. The fraction of sp³-hybridized carbons (Fsp3) is 0.200. The molecular weight excluding hydrogens is 270 g/mol. The van der Waals surface area contributed by atoms with Gasteiger partial charge in [0, 0.05) is 18.8 Å². The zero-order chi connectivity index (χ0) is 15.1. The Hall–Kier alpha value is -2.76. The van der Waals surface area contributed by atoms with Gasteiger partial charge in [0.25, 0.3) is 0 Å². The van der Waals surface area contributed by atoms with Gasteiger partial charge in [-0.05, 0) is 17.7 Å². The summed E-state index contributed by atoms with van der Waals surface area (Å²) >= 11 is 0. The molecule has 1 aromatic heterocycles. The molecule has 0 aliphatic carbocycles. The highest BCUT2D eigenvalue weighted by atomic mass is 16.5. The second-order valence-electron chi connectivity index (χ2n) is 4.22. The average molecular weight is 287 g/mol. The molecule has 2 aromatic rings. The lowest BCUT2D eigenvalue weighted by Gasteiger charge is -2.11. The van der Waals surface area contributed by atoms with Gasteiger partial charge in [0.05, 0.1) is 19.9 Å². The fourth-order valence-corrected chi connectivity index (χ4v) is 1.73. The third-order valence-corrected chi connectivity index (χ3v) is 2.81. The molecule has 0 saturated heterocycles. The maximum Gasteiger partial charge on any atom is 0.319 e. The molecule has 0 atom stereocenters. The largest absolute Gasteiger partial charge is 0.495 e. The quantitative estimate of drug-likeness (QED) is 0.886. The summed E-state index contributed by atoms with van der Waals surface area (Å²) in [6.07, 6.45) is 1.65. The predicted octanol–water partition coefficient (Wildman–Crippen LogP) is 2.42. The Morgan fingerprint density at radius 1 is 1.14 bits per heavy atom. The van der Waals surface area contributed by atoms with Gasteiger partial charge in [-0.1, -0.05) is 18.2 Å². The Kier molecular flexibility index (Phi) is 4.98. The number of aromatic nitrogens is 1. The molecule has 2 rings (SSSR count). The molecule has 0 fully saturated rings. The van der Waals surface area contributed by atoms with Crippen LogP contribution in [0.1, 0.15) is 5.56 Å². The predicted molar refractivity (Wildman–Crippen MR) is 79.6 cm³/mol. The summed E-state index contributed by atoms with van der Waals surface area (Å²) < 4.78 is 10.1. The lowest BCUT2D eigenvalue weighted by atomic mass is 10.3. The van der Waals surface area contributed by atoms with Crippen molar-refractivity contribution >= 4 is 11.7 Å². The van der Waals surface area contributed by atoms with Crippen LogP contribution in [0.25, 0.3) is 0 Å². The minimum absolute atomic E-state index is 0.310. The monoisotopic (exact) mass is 287 g/mol. The summed E-state index contributed by atoms with van der Waals surface area (Å²) in [4.78, 5) is 15.9. The van der Waals surface area contributed by atoms with Crippen LogP contribution in [0.5, 0.6) is 11.6 Å². The molecule has 1 heterocycles. The molecule has 6 nitrogen and oxygen atoms in total. The number of hydrogen-bond acceptors (Lipinski definition) is 4. The number of benzene rings is 1. The molecule has 21 heavy (non-hydrogen) atoms. The highest BCUT2D eigenvalue weighted by molar-refractivity contribution is 5.90. The van der Waals surface area contributed by atoms with E-state index in [1.54, 1.807) is 38.6 Å². The molecule has 1 aromatic carbocycles. The van der Waals surface area contributed by atoms with Crippen LogP contribution >= 0.6 is 0 Å². The number of nitrogens with zero attached hydrogens (tertiary/aromatic N) is 1. The van der Waals surface area contributed by atoms with Crippen molar-refractivity contribution in [2.24, 2.45) is 0 Å². The summed E-state index contributed by atoms with van der Waals surface area (Å²) in [5.41, 5.74) is 1.50. The number of rotatable bonds is 5. The van der Waals surface area contributed by atoms with Crippen LogP contribution in [-0.2, 0) is 6.54 Å². The van der Waals surface area contributed by atoms with E-state index >= 15 is 0 Å². The van der Waals surface area contributed by atoms with Gasteiger partial charge in [0.1, 0.15) is 5.75 Å². The number of urea groups is 1. The molecular formula is C15H17N3O3. The van der Waals surface area contributed by atoms with Crippen LogP contribution in [0.15, 0.2) is 42.6 Å². The molecule has 0 unspecified atom stereocenters. The molecule has 110 valence electrons. The first-order chi connectivity index (χ1) is 10.2. The van der Waals surface area contributed by atoms with Gasteiger partial charge < -0.3 is 20.1 Å². The second kappa shape index (κ2) is 7.14. The molecule has 0 aliphatic heterocycles. The minimum atomic E-state index is -0.310. The number of hydrogen-bond donors (Lipinski definition) is 2. The third kappa shape index (κ3) is 4.10. The molecule has 0 saturated carbocycles. The molecule has 2 N–H and O–H groups in total. The van der Waals surface area contributed by atoms with Crippen LogP contribution in [0.3, 0.4) is 0 Å². The summed E-state index contributed by atoms with van der Waals surface area (Å²) in [5.74, 6) is 1.15. The van der Waals surface area contributed by atoms with Crippen LogP contribution in [0.2, 0.25) is 0 Å². The summed E-state index contributed by atoms with van der Waals surface area (Å²) in [7, 11) is 3.11. The number of carbonyl (C=O) groups is 1. The maximum absolute atomic E-state index is 11.9. The molecule has 2 amide bonds. The van der Waals surface area contributed by atoms with E-state index < -0.39 is 0 Å². The van der Waals surface area contributed by atoms with E-state index in [1.165, 1.54) is 0 Å². The van der Waals surface area contributed by atoms with E-state index in [0.29, 0.717) is 23.9 Å². The molecule has 6 heteroatoms. The number of nitrogens with one attached hydrogen (secondary N) is 2. The van der Waals surface area contributed by atoms with Crippen molar-refractivity contribution in [1.29, 1.82) is 0 Å². The van der Waals surface area contributed by atoms with Gasteiger partial charge in [-0.15, -0.1) is 0 Å². The van der Waals surface area contributed by atoms with Crippen molar-refractivity contribution in [1.82, 2.24) is 10.3 Å². The van der Waals surface area contributed by atoms with Gasteiger partial charge in [0.15, 0.2) is 0 Å². The molecule has 0 aliphatic rings. The highest BCUT2D eigenvalue weighted by Crippen LogP contribution is 2.22.